The van der Waals surface area contributed by atoms with Gasteiger partial charge in [0, 0.05) is 11.1 Å². The van der Waals surface area contributed by atoms with Crippen LogP contribution in [0.25, 0.3) is 67.5 Å². The second-order valence-corrected chi connectivity index (χ2v) is 12.3. The van der Waals surface area contributed by atoms with E-state index in [2.05, 4.69) is 97.1 Å². The van der Waals surface area contributed by atoms with Crippen molar-refractivity contribution in [1.29, 1.82) is 0 Å². The van der Waals surface area contributed by atoms with E-state index in [4.69, 9.17) is 28.4 Å². The molecule has 0 unspecified atom stereocenters. The lowest BCUT2D eigenvalue weighted by Crippen LogP contribution is -2.39. The van der Waals surface area contributed by atoms with E-state index in [1.807, 2.05) is 97.1 Å². The fourth-order valence-corrected chi connectivity index (χ4v) is 5.88. The lowest BCUT2D eigenvalue weighted by atomic mass is 10.0. The Bertz CT molecular complexity index is 2110. The quantitative estimate of drug-likeness (QED) is 0.114. The van der Waals surface area contributed by atoms with Crippen LogP contribution in [0.2, 0.25) is 0 Å². The Labute approximate surface area is 326 Å². The summed E-state index contributed by atoms with van der Waals surface area (Å²) in [6.45, 7) is 0. The van der Waals surface area contributed by atoms with Gasteiger partial charge in [-0.2, -0.15) is 0 Å². The predicted molar refractivity (Wildman–Crippen MR) is 219 cm³/mol. The largest absolute Gasteiger partial charge is 0.867 e. The van der Waals surface area contributed by atoms with Gasteiger partial charge in [-0.1, -0.05) is 97.1 Å². The summed E-state index contributed by atoms with van der Waals surface area (Å²) in [6.07, 6.45) is 0. The first-order valence-corrected chi connectivity index (χ1v) is 17.8. The van der Waals surface area contributed by atoms with Gasteiger partial charge < -0.3 is 23.8 Å². The van der Waals surface area contributed by atoms with Gasteiger partial charge >= 0.3 is 23.0 Å². The summed E-state index contributed by atoms with van der Waals surface area (Å²) in [5.74, 6) is 5.08. The number of ether oxygens (including phenoxy) is 2. The van der Waals surface area contributed by atoms with Crippen molar-refractivity contribution in [3.63, 3.8) is 0 Å². The highest BCUT2D eigenvalue weighted by Crippen LogP contribution is 2.35. The summed E-state index contributed by atoms with van der Waals surface area (Å²) >= 11 is 0. The maximum atomic E-state index is 9.89. The van der Waals surface area contributed by atoms with E-state index in [0.717, 1.165) is 79.0 Å². The van der Waals surface area contributed by atoms with Gasteiger partial charge in [-0.05, 0) is 83.9 Å². The molecule has 2 heterocycles. The average Bonchev–Trinajstić information content (AvgIpc) is 3.27. The van der Waals surface area contributed by atoms with Crippen LogP contribution in [0.5, 0.6) is 11.5 Å². The molecule has 0 fully saturated rings. The Kier molecular flexibility index (Phi) is 13.5. The van der Waals surface area contributed by atoms with Gasteiger partial charge in [-0.25, -0.2) is 8.83 Å². The van der Waals surface area contributed by atoms with Crippen molar-refractivity contribution in [3.05, 3.63) is 194 Å². The van der Waals surface area contributed by atoms with E-state index in [1.54, 1.807) is 14.2 Å². The first-order valence-electron chi connectivity index (χ1n) is 17.8. The van der Waals surface area contributed by atoms with Gasteiger partial charge in [0.1, 0.15) is 18.9 Å². The van der Waals surface area contributed by atoms with Gasteiger partial charge in [0.05, 0.1) is 60.7 Å². The minimum atomic E-state index is -3.17. The number of hydrogen-bond donors (Lipinski definition) is 0. The molecule has 0 radical (unpaired) electrons. The molecule has 0 N–H and O–H groups in total. The Balaban J connectivity index is 0.000000174. The molecule has 56 heavy (non-hydrogen) atoms. The smallest absolute Gasteiger partial charge is 0.361 e. The van der Waals surface area contributed by atoms with E-state index in [9.17, 15) is 4.32 Å². The highest BCUT2D eigenvalue weighted by Gasteiger charge is 2.22. The molecule has 8 heteroatoms. The number of benzene rings is 6. The summed E-state index contributed by atoms with van der Waals surface area (Å²) in [6, 6.07) is 65.2. The molecule has 0 amide bonds. The van der Waals surface area contributed by atoms with Crippen LogP contribution in [0.15, 0.2) is 203 Å². The summed E-state index contributed by atoms with van der Waals surface area (Å²) in [4.78, 5) is 0. The summed E-state index contributed by atoms with van der Waals surface area (Å²) in [7, 11) is 0.189. The van der Waals surface area contributed by atoms with Crippen LogP contribution in [0.1, 0.15) is 0 Å². The lowest BCUT2D eigenvalue weighted by molar-refractivity contribution is -0.366. The monoisotopic (exact) mass is 740 g/mol. The zero-order valence-corrected chi connectivity index (χ0v) is 30.9. The molecule has 8 aromatic rings. The van der Waals surface area contributed by atoms with Gasteiger partial charge in [-0.3, -0.25) is 0 Å². The zero-order chi connectivity index (χ0) is 39.1. The fraction of sp³-hybridized carbons (Fsp3) is 0.0417. The van der Waals surface area contributed by atoms with Crippen molar-refractivity contribution in [2.24, 2.45) is 0 Å². The van der Waals surface area contributed by atoms with Crippen molar-refractivity contribution in [2.75, 3.05) is 14.2 Å². The summed E-state index contributed by atoms with van der Waals surface area (Å²) in [5.41, 5.74) is 8.68. The van der Waals surface area contributed by atoms with Crippen LogP contribution >= 0.6 is 0 Å². The molecule has 0 bridgehead atoms. The normalized spacial score (nSPS) is 10.2. The molecule has 0 saturated heterocycles. The van der Waals surface area contributed by atoms with Crippen LogP contribution in [0.4, 0.5) is 4.32 Å². The molecule has 6 nitrogen and oxygen atoms in total. The van der Waals surface area contributed by atoms with Crippen LogP contribution in [0, 0.1) is 0 Å². The van der Waals surface area contributed by atoms with Crippen molar-refractivity contribution in [1.82, 2.24) is 0 Å². The molecule has 276 valence electrons. The molecular formula is C48H38BFO6. The maximum Gasteiger partial charge on any atom is 0.361 e. The molecular weight excluding hydrogens is 702 g/mol. The highest BCUT2D eigenvalue weighted by atomic mass is 19.1. The van der Waals surface area contributed by atoms with Crippen molar-refractivity contribution < 1.29 is 32.7 Å². The Hall–Kier alpha value is -6.87. The minimum absolute atomic E-state index is 0.845. The minimum Gasteiger partial charge on any atom is -0.867 e. The molecule has 0 atom stereocenters. The Morgan fingerprint density at radius 1 is 0.357 bits per heavy atom. The van der Waals surface area contributed by atoms with E-state index in [0.29, 0.717) is 0 Å². The molecule has 0 spiro atoms. The second-order valence-electron chi connectivity index (χ2n) is 12.3. The standard InChI is InChI=1S/2C24H19O2.BFO2/c2*1-25-22-14-12-18(13-15-22)21-16-23(19-8-4-2-5-9-19)26-24(17-21)20-10-6-3-7-11-20;2-1(3)4/h2*2-17H,1H3;/q2*+1;-2. The predicted octanol–water partition coefficient (Wildman–Crippen LogP) is 10.8. The molecule has 0 aliphatic heterocycles. The number of methoxy groups -OCH3 is 2. The molecule has 0 saturated carbocycles. The third-order valence-electron chi connectivity index (χ3n) is 8.67. The van der Waals surface area contributed by atoms with Crippen molar-refractivity contribution in [2.45, 2.75) is 0 Å². The number of halogens is 1. The second kappa shape index (κ2) is 19.5. The fourth-order valence-electron chi connectivity index (χ4n) is 5.88. The SMILES string of the molecule is COc1ccc(-c2cc(-c3ccccc3)[o+]c(-c3ccccc3)c2)cc1.COc1ccc(-c2cc(-c3ccccc3)[o+]c(-c3ccccc3)c2)cc1.[O-]B([O-])F. The first-order chi connectivity index (χ1) is 27.4. The molecule has 0 aliphatic rings. The molecule has 2 aromatic heterocycles. The van der Waals surface area contributed by atoms with Gasteiger partial charge in [0.2, 0.25) is 0 Å². The third kappa shape index (κ3) is 10.6. The number of hydrogen-bond acceptors (Lipinski definition) is 4. The summed E-state index contributed by atoms with van der Waals surface area (Å²) < 4.78 is 32.9. The van der Waals surface area contributed by atoms with Crippen LogP contribution in [-0.4, -0.2) is 21.6 Å². The van der Waals surface area contributed by atoms with Gasteiger partial charge in [0.25, 0.3) is 0 Å². The van der Waals surface area contributed by atoms with Crippen LogP contribution < -0.4 is 19.5 Å². The van der Waals surface area contributed by atoms with Crippen molar-refractivity contribution in [3.8, 4) is 79.0 Å². The van der Waals surface area contributed by atoms with E-state index in [-0.39, 0.29) is 0 Å². The maximum absolute atomic E-state index is 9.89. The van der Waals surface area contributed by atoms with E-state index >= 15 is 0 Å². The molecule has 6 aromatic carbocycles. The number of rotatable bonds is 8. The topological polar surface area (TPSA) is 87.2 Å². The molecule has 8 rings (SSSR count). The average molecular weight is 741 g/mol. The van der Waals surface area contributed by atoms with E-state index in [1.165, 1.54) is 0 Å². The highest BCUT2D eigenvalue weighted by molar-refractivity contribution is 6.27. The van der Waals surface area contributed by atoms with Gasteiger partial charge in [0.15, 0.2) is 0 Å². The lowest BCUT2D eigenvalue weighted by Gasteiger charge is -2.09. The Morgan fingerprint density at radius 2 is 0.589 bits per heavy atom. The zero-order valence-electron chi connectivity index (χ0n) is 30.9. The first kappa shape index (κ1) is 38.8. The summed E-state index contributed by atoms with van der Waals surface area (Å²) in [5, 5.41) is 16.6. The Morgan fingerprint density at radius 3 is 0.804 bits per heavy atom. The molecule has 0 aliphatic carbocycles. The van der Waals surface area contributed by atoms with Gasteiger partial charge in [-0.15, -0.1) is 0 Å². The van der Waals surface area contributed by atoms with Crippen LogP contribution in [-0.2, 0) is 0 Å². The van der Waals surface area contributed by atoms with Crippen LogP contribution in [0.3, 0.4) is 0 Å². The van der Waals surface area contributed by atoms with E-state index < -0.39 is 7.40 Å². The third-order valence-corrected chi connectivity index (χ3v) is 8.67. The van der Waals surface area contributed by atoms with Crippen molar-refractivity contribution >= 4 is 7.40 Å².